The Bertz CT molecular complexity index is 576. The Balaban J connectivity index is 1.93. The number of hydrogen-bond acceptors (Lipinski definition) is 1. The van der Waals surface area contributed by atoms with Gasteiger partial charge in [0, 0.05) is 0 Å². The molecule has 0 aliphatic carbocycles. The van der Waals surface area contributed by atoms with Crippen molar-refractivity contribution >= 4 is 6.08 Å². The van der Waals surface area contributed by atoms with Crippen molar-refractivity contribution in [2.24, 2.45) is 0 Å². The Hall–Kier alpha value is -2.12. The van der Waals surface area contributed by atoms with Gasteiger partial charge in [0.25, 0.3) is 0 Å². The number of benzene rings is 2. The number of hydrogen-bond donors (Lipinski definition) is 0. The highest BCUT2D eigenvalue weighted by Gasteiger charge is 1.98. The third kappa shape index (κ3) is 4.73. The largest absolute Gasteiger partial charge is 0.376 e. The lowest BCUT2D eigenvalue weighted by atomic mass is 10.0. The van der Waals surface area contributed by atoms with Gasteiger partial charge in [0.05, 0.1) is 13.2 Å². The van der Waals surface area contributed by atoms with Crippen LogP contribution in [0.2, 0.25) is 0 Å². The first-order valence-electron chi connectivity index (χ1n) is 7.34. The summed E-state index contributed by atoms with van der Waals surface area (Å²) in [6.45, 7) is 7.25. The predicted molar refractivity (Wildman–Crippen MR) is 91.1 cm³/mol. The van der Waals surface area contributed by atoms with Gasteiger partial charge < -0.3 is 4.74 Å². The minimum atomic E-state index is 0.674. The van der Waals surface area contributed by atoms with Gasteiger partial charge in [-0.05, 0) is 35.6 Å². The van der Waals surface area contributed by atoms with Gasteiger partial charge in [-0.2, -0.15) is 0 Å². The zero-order valence-corrected chi connectivity index (χ0v) is 12.6. The highest BCUT2D eigenvalue weighted by molar-refractivity contribution is 5.65. The van der Waals surface area contributed by atoms with E-state index in [0.717, 1.165) is 18.6 Å². The average molecular weight is 278 g/mol. The molecule has 21 heavy (non-hydrogen) atoms. The fraction of sp³-hybridized carbons (Fsp3) is 0.200. The number of rotatable bonds is 7. The van der Waals surface area contributed by atoms with Crippen LogP contribution >= 0.6 is 0 Å². The van der Waals surface area contributed by atoms with Crippen molar-refractivity contribution in [2.45, 2.75) is 20.0 Å². The molecule has 0 aliphatic heterocycles. The van der Waals surface area contributed by atoms with Crippen LogP contribution in [0.4, 0.5) is 0 Å². The maximum atomic E-state index is 5.64. The molecule has 0 saturated heterocycles. The first-order chi connectivity index (χ1) is 10.3. The summed E-state index contributed by atoms with van der Waals surface area (Å²) in [5.74, 6) is 0. The molecule has 0 heterocycles. The molecule has 0 radical (unpaired) electrons. The van der Waals surface area contributed by atoms with Crippen molar-refractivity contribution in [1.29, 1.82) is 0 Å². The Kier molecular flexibility index (Phi) is 5.99. The van der Waals surface area contributed by atoms with E-state index in [2.05, 4.69) is 67.3 Å². The van der Waals surface area contributed by atoms with Crippen LogP contribution < -0.4 is 0 Å². The molecule has 0 N–H and O–H groups in total. The van der Waals surface area contributed by atoms with Crippen LogP contribution in [0.1, 0.15) is 24.5 Å². The summed E-state index contributed by atoms with van der Waals surface area (Å²) >= 11 is 0. The second-order valence-corrected chi connectivity index (χ2v) is 4.93. The maximum Gasteiger partial charge on any atom is 0.0717 e. The SMILES string of the molecule is C=Cc1ccc(-c2ccc(COCCC=CC)cc2)cc1. The summed E-state index contributed by atoms with van der Waals surface area (Å²) in [5, 5.41) is 0. The molecule has 2 rings (SSSR count). The molecule has 0 aromatic heterocycles. The van der Waals surface area contributed by atoms with Crippen LogP contribution in [-0.2, 0) is 11.3 Å². The lowest BCUT2D eigenvalue weighted by Crippen LogP contribution is -1.94. The van der Waals surface area contributed by atoms with Gasteiger partial charge in [-0.15, -0.1) is 0 Å². The molecule has 0 bridgehead atoms. The van der Waals surface area contributed by atoms with Crippen LogP contribution in [0, 0.1) is 0 Å². The molecule has 0 aliphatic rings. The molecule has 0 unspecified atom stereocenters. The summed E-state index contributed by atoms with van der Waals surface area (Å²) in [4.78, 5) is 0. The van der Waals surface area contributed by atoms with Crippen molar-refractivity contribution < 1.29 is 4.74 Å². The van der Waals surface area contributed by atoms with Crippen molar-refractivity contribution in [3.05, 3.63) is 78.4 Å². The van der Waals surface area contributed by atoms with Crippen LogP contribution in [0.15, 0.2) is 67.3 Å². The molecule has 0 spiro atoms. The minimum Gasteiger partial charge on any atom is -0.376 e. The predicted octanol–water partition coefficient (Wildman–Crippen LogP) is 5.48. The Morgan fingerprint density at radius 3 is 2.14 bits per heavy atom. The molecule has 2 aromatic carbocycles. The standard InChI is InChI=1S/C20H22O/c1-3-5-6-15-21-16-18-9-13-20(14-10-18)19-11-7-17(4-2)8-12-19/h3-5,7-14H,2,6,15-16H2,1H3. The first-order valence-corrected chi connectivity index (χ1v) is 7.34. The molecule has 0 saturated carbocycles. The van der Waals surface area contributed by atoms with Crippen molar-refractivity contribution in [2.75, 3.05) is 6.61 Å². The van der Waals surface area contributed by atoms with Gasteiger partial charge in [0.2, 0.25) is 0 Å². The summed E-state index contributed by atoms with van der Waals surface area (Å²) in [7, 11) is 0. The third-order valence-electron chi connectivity index (χ3n) is 3.37. The molecule has 2 aromatic rings. The molecule has 0 amide bonds. The average Bonchev–Trinajstić information content (AvgIpc) is 2.55. The number of ether oxygens (including phenoxy) is 1. The van der Waals surface area contributed by atoms with E-state index in [9.17, 15) is 0 Å². The summed E-state index contributed by atoms with van der Waals surface area (Å²) in [5.41, 5.74) is 4.80. The zero-order valence-electron chi connectivity index (χ0n) is 12.6. The van der Waals surface area contributed by atoms with E-state index in [-0.39, 0.29) is 0 Å². The fourth-order valence-corrected chi connectivity index (χ4v) is 2.11. The van der Waals surface area contributed by atoms with Crippen molar-refractivity contribution in [3.8, 4) is 11.1 Å². The van der Waals surface area contributed by atoms with Crippen LogP contribution in [0.25, 0.3) is 17.2 Å². The molecular weight excluding hydrogens is 256 g/mol. The fourth-order valence-electron chi connectivity index (χ4n) is 2.11. The van der Waals surface area contributed by atoms with Gasteiger partial charge in [-0.25, -0.2) is 0 Å². The van der Waals surface area contributed by atoms with Gasteiger partial charge in [0.1, 0.15) is 0 Å². The normalized spacial score (nSPS) is 10.9. The van der Waals surface area contributed by atoms with Gasteiger partial charge in [-0.1, -0.05) is 73.3 Å². The summed E-state index contributed by atoms with van der Waals surface area (Å²) in [6, 6.07) is 17.0. The summed E-state index contributed by atoms with van der Waals surface area (Å²) < 4.78 is 5.64. The Morgan fingerprint density at radius 2 is 1.57 bits per heavy atom. The maximum absolute atomic E-state index is 5.64. The molecule has 108 valence electrons. The first kappa shape index (κ1) is 15.3. The van der Waals surface area contributed by atoms with E-state index in [1.165, 1.54) is 16.7 Å². The lowest BCUT2D eigenvalue weighted by molar-refractivity contribution is 0.125. The van der Waals surface area contributed by atoms with Crippen molar-refractivity contribution in [1.82, 2.24) is 0 Å². The van der Waals surface area contributed by atoms with E-state index >= 15 is 0 Å². The van der Waals surface area contributed by atoms with E-state index < -0.39 is 0 Å². The molecule has 0 atom stereocenters. The van der Waals surface area contributed by atoms with Crippen LogP contribution in [0.5, 0.6) is 0 Å². The molecule has 1 heteroatoms. The van der Waals surface area contributed by atoms with E-state index in [1.807, 2.05) is 13.0 Å². The van der Waals surface area contributed by atoms with Gasteiger partial charge in [0.15, 0.2) is 0 Å². The highest BCUT2D eigenvalue weighted by Crippen LogP contribution is 2.21. The minimum absolute atomic E-state index is 0.674. The highest BCUT2D eigenvalue weighted by atomic mass is 16.5. The lowest BCUT2D eigenvalue weighted by Gasteiger charge is -2.06. The monoisotopic (exact) mass is 278 g/mol. The van der Waals surface area contributed by atoms with E-state index in [4.69, 9.17) is 4.74 Å². The Labute approximate surface area is 127 Å². The van der Waals surface area contributed by atoms with Crippen molar-refractivity contribution in [3.63, 3.8) is 0 Å². The van der Waals surface area contributed by atoms with Gasteiger partial charge in [-0.3, -0.25) is 0 Å². The quantitative estimate of drug-likeness (QED) is 0.481. The summed E-state index contributed by atoms with van der Waals surface area (Å²) in [6.07, 6.45) is 7.01. The molecular formula is C20H22O. The molecule has 0 fully saturated rings. The van der Waals surface area contributed by atoms with E-state index in [1.54, 1.807) is 0 Å². The third-order valence-corrected chi connectivity index (χ3v) is 3.37. The van der Waals surface area contributed by atoms with E-state index in [0.29, 0.717) is 6.61 Å². The number of allylic oxidation sites excluding steroid dienone is 1. The Morgan fingerprint density at radius 1 is 0.952 bits per heavy atom. The topological polar surface area (TPSA) is 9.23 Å². The molecule has 1 nitrogen and oxygen atoms in total. The second kappa shape index (κ2) is 8.23. The smallest absolute Gasteiger partial charge is 0.0717 e. The second-order valence-electron chi connectivity index (χ2n) is 4.93. The van der Waals surface area contributed by atoms with Crippen LogP contribution in [-0.4, -0.2) is 6.61 Å². The van der Waals surface area contributed by atoms with Gasteiger partial charge >= 0.3 is 0 Å². The zero-order chi connectivity index (χ0) is 14.9. The van der Waals surface area contributed by atoms with Crippen LogP contribution in [0.3, 0.4) is 0 Å².